The minimum absolute atomic E-state index is 0.296. The maximum atomic E-state index is 13.3. The third kappa shape index (κ3) is 4.47. The van der Waals surface area contributed by atoms with Gasteiger partial charge >= 0.3 is 0 Å². The molecule has 0 atom stereocenters. The number of halogens is 2. The molecule has 0 saturated carbocycles. The number of aromatic nitrogens is 1. The number of nitrogens with one attached hydrogen (secondary N) is 1. The average Bonchev–Trinajstić information content (AvgIpc) is 3.00. The third-order valence-corrected chi connectivity index (χ3v) is 4.13. The largest absolute Gasteiger partial charge is 0.364 e. The highest BCUT2D eigenvalue weighted by Crippen LogP contribution is 2.29. The van der Waals surface area contributed by atoms with Crippen molar-refractivity contribution in [3.05, 3.63) is 52.6 Å². The summed E-state index contributed by atoms with van der Waals surface area (Å²) >= 11 is 6.19. The molecule has 5 nitrogen and oxygen atoms in total. The quantitative estimate of drug-likeness (QED) is 0.661. The van der Waals surface area contributed by atoms with Crippen LogP contribution in [0.15, 0.2) is 40.0 Å². The molecule has 2 aromatic rings. The van der Waals surface area contributed by atoms with Gasteiger partial charge in [0.25, 0.3) is 0 Å². The molecule has 1 heterocycles. The summed E-state index contributed by atoms with van der Waals surface area (Å²) in [4.78, 5) is 6.23. The molecule has 1 aromatic heterocycles. The molecule has 0 bridgehead atoms. The maximum absolute atomic E-state index is 13.3. The SMILES string of the molecule is CN=C(NCC(C)(C)c1ccc(F)cc1Cl)N(C)Cc1ccon1. The molecule has 0 spiro atoms. The number of benzene rings is 1. The second-order valence-electron chi connectivity index (χ2n) is 6.26. The van der Waals surface area contributed by atoms with Gasteiger partial charge in [-0.1, -0.05) is 36.7 Å². The third-order valence-electron chi connectivity index (χ3n) is 3.81. The van der Waals surface area contributed by atoms with E-state index in [1.807, 2.05) is 31.9 Å². The van der Waals surface area contributed by atoms with Crippen molar-refractivity contribution in [3.63, 3.8) is 0 Å². The predicted molar refractivity (Wildman–Crippen MR) is 93.8 cm³/mol. The Kier molecular flexibility index (Phi) is 5.83. The zero-order valence-corrected chi connectivity index (χ0v) is 15.1. The van der Waals surface area contributed by atoms with Crippen LogP contribution in [-0.2, 0) is 12.0 Å². The van der Waals surface area contributed by atoms with Crippen LogP contribution in [0.25, 0.3) is 0 Å². The Morgan fingerprint density at radius 3 is 2.75 bits per heavy atom. The van der Waals surface area contributed by atoms with Gasteiger partial charge < -0.3 is 14.7 Å². The highest BCUT2D eigenvalue weighted by Gasteiger charge is 2.24. The topological polar surface area (TPSA) is 53.7 Å². The summed E-state index contributed by atoms with van der Waals surface area (Å²) in [7, 11) is 3.64. The predicted octanol–water partition coefficient (Wildman–Crippen LogP) is 3.45. The first-order valence-corrected chi connectivity index (χ1v) is 7.98. The molecular formula is C17H22ClFN4O. The Morgan fingerprint density at radius 2 is 2.17 bits per heavy atom. The zero-order valence-electron chi connectivity index (χ0n) is 14.3. The highest BCUT2D eigenvalue weighted by atomic mass is 35.5. The molecule has 0 saturated heterocycles. The molecule has 0 aliphatic rings. The van der Waals surface area contributed by atoms with E-state index >= 15 is 0 Å². The second kappa shape index (κ2) is 7.66. The van der Waals surface area contributed by atoms with Crippen molar-refractivity contribution in [2.75, 3.05) is 20.6 Å². The van der Waals surface area contributed by atoms with E-state index in [-0.39, 0.29) is 11.2 Å². The van der Waals surface area contributed by atoms with E-state index in [1.54, 1.807) is 19.4 Å². The fraction of sp³-hybridized carbons (Fsp3) is 0.412. The van der Waals surface area contributed by atoms with E-state index in [0.29, 0.717) is 18.1 Å². The molecule has 0 fully saturated rings. The fourth-order valence-electron chi connectivity index (χ4n) is 2.46. The standard InChI is InChI=1S/C17H22ClFN4O/c1-17(2,14-6-5-12(19)9-15(14)18)11-21-16(20-3)23(4)10-13-7-8-24-22-13/h5-9H,10-11H2,1-4H3,(H,20,21). The summed E-state index contributed by atoms with van der Waals surface area (Å²) in [6, 6.07) is 6.30. The van der Waals surface area contributed by atoms with Gasteiger partial charge in [-0.15, -0.1) is 0 Å². The van der Waals surface area contributed by atoms with Gasteiger partial charge in [-0.25, -0.2) is 4.39 Å². The lowest BCUT2D eigenvalue weighted by molar-refractivity contribution is 0.388. The highest BCUT2D eigenvalue weighted by molar-refractivity contribution is 6.31. The Bertz CT molecular complexity index is 701. The van der Waals surface area contributed by atoms with Crippen LogP contribution in [0.2, 0.25) is 5.02 Å². The van der Waals surface area contributed by atoms with Crippen molar-refractivity contribution in [2.24, 2.45) is 4.99 Å². The molecule has 7 heteroatoms. The van der Waals surface area contributed by atoms with Gasteiger partial charge in [0.15, 0.2) is 5.96 Å². The van der Waals surface area contributed by atoms with Crippen LogP contribution in [0.1, 0.15) is 25.1 Å². The number of hydrogen-bond donors (Lipinski definition) is 1. The first-order chi connectivity index (χ1) is 11.3. The van der Waals surface area contributed by atoms with E-state index < -0.39 is 0 Å². The Labute approximate surface area is 146 Å². The molecule has 0 aliphatic heterocycles. The lowest BCUT2D eigenvalue weighted by atomic mass is 9.84. The minimum Gasteiger partial charge on any atom is -0.364 e. The number of nitrogens with zero attached hydrogens (tertiary/aromatic N) is 3. The van der Waals surface area contributed by atoms with E-state index in [9.17, 15) is 4.39 Å². The zero-order chi connectivity index (χ0) is 17.7. The van der Waals surface area contributed by atoms with E-state index in [4.69, 9.17) is 16.1 Å². The molecular weight excluding hydrogens is 331 g/mol. The molecule has 0 aliphatic carbocycles. The smallest absolute Gasteiger partial charge is 0.193 e. The summed E-state index contributed by atoms with van der Waals surface area (Å²) in [6.45, 7) is 5.26. The van der Waals surface area contributed by atoms with Gasteiger partial charge in [-0.2, -0.15) is 0 Å². The fourth-order valence-corrected chi connectivity index (χ4v) is 2.88. The van der Waals surface area contributed by atoms with Crippen LogP contribution in [0.3, 0.4) is 0 Å². The van der Waals surface area contributed by atoms with Crippen LogP contribution < -0.4 is 5.32 Å². The van der Waals surface area contributed by atoms with Crippen molar-refractivity contribution in [1.29, 1.82) is 0 Å². The monoisotopic (exact) mass is 352 g/mol. The summed E-state index contributed by atoms with van der Waals surface area (Å²) in [6.07, 6.45) is 1.54. The molecule has 24 heavy (non-hydrogen) atoms. The molecule has 1 aromatic carbocycles. The van der Waals surface area contributed by atoms with Gasteiger partial charge in [0.2, 0.25) is 0 Å². The van der Waals surface area contributed by atoms with Gasteiger partial charge in [0.1, 0.15) is 17.8 Å². The second-order valence-corrected chi connectivity index (χ2v) is 6.66. The summed E-state index contributed by atoms with van der Waals surface area (Å²) in [5, 5.41) is 7.65. The van der Waals surface area contributed by atoms with Crippen molar-refractivity contribution < 1.29 is 8.91 Å². The molecule has 0 amide bonds. The molecule has 2 rings (SSSR count). The van der Waals surface area contributed by atoms with Gasteiger partial charge in [-0.05, 0) is 17.7 Å². The Hall–Kier alpha value is -2.08. The molecule has 130 valence electrons. The number of rotatable bonds is 5. The maximum Gasteiger partial charge on any atom is 0.193 e. The van der Waals surface area contributed by atoms with Gasteiger partial charge in [0, 0.05) is 37.1 Å². The number of aliphatic imine (C=N–C) groups is 1. The first-order valence-electron chi connectivity index (χ1n) is 7.60. The van der Waals surface area contributed by atoms with Crippen LogP contribution in [0, 0.1) is 5.82 Å². The van der Waals surface area contributed by atoms with E-state index in [1.165, 1.54) is 12.1 Å². The van der Waals surface area contributed by atoms with Crippen molar-refractivity contribution in [2.45, 2.75) is 25.8 Å². The molecule has 0 radical (unpaired) electrons. The van der Waals surface area contributed by atoms with E-state index in [2.05, 4.69) is 15.5 Å². The molecule has 0 unspecified atom stereocenters. The Balaban J connectivity index is 2.03. The average molecular weight is 353 g/mol. The number of hydrogen-bond acceptors (Lipinski definition) is 3. The minimum atomic E-state index is -0.337. The summed E-state index contributed by atoms with van der Waals surface area (Å²) in [5.74, 6) is 0.389. The summed E-state index contributed by atoms with van der Waals surface area (Å²) < 4.78 is 18.1. The number of guanidine groups is 1. The van der Waals surface area contributed by atoms with Gasteiger partial charge in [0.05, 0.1) is 6.54 Å². The van der Waals surface area contributed by atoms with Crippen LogP contribution >= 0.6 is 11.6 Å². The normalized spacial score (nSPS) is 12.3. The first kappa shape index (κ1) is 18.3. The lowest BCUT2D eigenvalue weighted by Crippen LogP contribution is -2.44. The van der Waals surface area contributed by atoms with Crippen molar-refractivity contribution in [3.8, 4) is 0 Å². The van der Waals surface area contributed by atoms with Gasteiger partial charge in [-0.3, -0.25) is 4.99 Å². The molecule has 1 N–H and O–H groups in total. The lowest BCUT2D eigenvalue weighted by Gasteiger charge is -2.29. The van der Waals surface area contributed by atoms with Crippen LogP contribution in [-0.4, -0.2) is 36.7 Å². The Morgan fingerprint density at radius 1 is 1.42 bits per heavy atom. The van der Waals surface area contributed by atoms with Crippen LogP contribution in [0.5, 0.6) is 0 Å². The van der Waals surface area contributed by atoms with Crippen molar-refractivity contribution >= 4 is 17.6 Å². The van der Waals surface area contributed by atoms with Crippen molar-refractivity contribution in [1.82, 2.24) is 15.4 Å². The van der Waals surface area contributed by atoms with Crippen LogP contribution in [0.4, 0.5) is 4.39 Å². The summed E-state index contributed by atoms with van der Waals surface area (Å²) in [5.41, 5.74) is 1.41. The van der Waals surface area contributed by atoms with E-state index in [0.717, 1.165) is 17.2 Å².